The van der Waals surface area contributed by atoms with E-state index in [0.29, 0.717) is 40.4 Å². The maximum Gasteiger partial charge on any atom is 0.265 e. The summed E-state index contributed by atoms with van der Waals surface area (Å²) in [6.45, 7) is 13.8. The first-order chi connectivity index (χ1) is 19.3. The molecule has 2 aromatic carbocycles. The average molecular weight is 533 g/mol. The summed E-state index contributed by atoms with van der Waals surface area (Å²) >= 11 is 0. The van der Waals surface area contributed by atoms with Gasteiger partial charge in [-0.15, -0.1) is 0 Å². The summed E-state index contributed by atoms with van der Waals surface area (Å²) in [7, 11) is 0. The zero-order valence-corrected chi connectivity index (χ0v) is 23.0. The number of amides is 1. The molecule has 1 aliphatic carbocycles. The lowest BCUT2D eigenvalue weighted by Gasteiger charge is -2.18. The third-order valence-corrected chi connectivity index (χ3v) is 7.54. The van der Waals surface area contributed by atoms with Gasteiger partial charge in [-0.1, -0.05) is 49.6 Å². The zero-order chi connectivity index (χ0) is 28.6. The maximum atomic E-state index is 13.4. The van der Waals surface area contributed by atoms with Crippen molar-refractivity contribution >= 4 is 29.0 Å². The van der Waals surface area contributed by atoms with E-state index in [-0.39, 0.29) is 5.56 Å². The molecule has 7 heteroatoms. The minimum Gasteiger partial charge on any atom is -0.488 e. The molecule has 3 N–H and O–H groups in total. The third-order valence-electron chi connectivity index (χ3n) is 7.54. The quantitative estimate of drug-likeness (QED) is 0.276. The SMILES string of the molecule is C=Cc1ncn(-c2cccc(-c3cc(OCC4=CCCC=C4)c(C(N)=O)c4[nH]c(C)c(C)c34)c2C)c(=O)c1C=C. The number of carbonyl (C=O) groups is 1. The number of hydrogen-bond acceptors (Lipinski definition) is 4. The molecule has 7 nitrogen and oxygen atoms in total. The van der Waals surface area contributed by atoms with Gasteiger partial charge in [-0.05, 0) is 79.6 Å². The summed E-state index contributed by atoms with van der Waals surface area (Å²) in [5, 5.41) is 0.884. The van der Waals surface area contributed by atoms with Gasteiger partial charge < -0.3 is 15.5 Å². The Morgan fingerprint density at radius 1 is 1.15 bits per heavy atom. The van der Waals surface area contributed by atoms with Gasteiger partial charge in [0, 0.05) is 11.1 Å². The van der Waals surface area contributed by atoms with Crippen molar-refractivity contribution in [2.24, 2.45) is 5.73 Å². The van der Waals surface area contributed by atoms with Crippen molar-refractivity contribution in [1.82, 2.24) is 14.5 Å². The molecule has 0 aliphatic heterocycles. The van der Waals surface area contributed by atoms with E-state index in [2.05, 4.69) is 35.3 Å². The van der Waals surface area contributed by atoms with Crippen LogP contribution in [0.1, 0.15) is 51.3 Å². The number of allylic oxidation sites excluding steroid dienone is 2. The third kappa shape index (κ3) is 4.49. The Hall–Kier alpha value is -4.91. The predicted molar refractivity (Wildman–Crippen MR) is 162 cm³/mol. The number of aromatic nitrogens is 3. The van der Waals surface area contributed by atoms with E-state index in [9.17, 15) is 9.59 Å². The molecule has 0 saturated carbocycles. The highest BCUT2D eigenvalue weighted by Crippen LogP contribution is 2.41. The lowest BCUT2D eigenvalue weighted by atomic mass is 9.92. The number of hydrogen-bond donors (Lipinski definition) is 2. The molecule has 0 spiro atoms. The Balaban J connectivity index is 1.74. The van der Waals surface area contributed by atoms with Crippen LogP contribution < -0.4 is 16.0 Å². The lowest BCUT2D eigenvalue weighted by Crippen LogP contribution is -2.23. The fourth-order valence-electron chi connectivity index (χ4n) is 5.33. The van der Waals surface area contributed by atoms with Crippen molar-refractivity contribution in [1.29, 1.82) is 0 Å². The van der Waals surface area contributed by atoms with Crippen LogP contribution in [0.2, 0.25) is 0 Å². The summed E-state index contributed by atoms with van der Waals surface area (Å²) in [6, 6.07) is 7.67. The van der Waals surface area contributed by atoms with Crippen molar-refractivity contribution in [3.05, 3.63) is 112 Å². The molecule has 2 aromatic heterocycles. The van der Waals surface area contributed by atoms with Gasteiger partial charge in [-0.3, -0.25) is 14.2 Å². The first kappa shape index (κ1) is 26.7. The number of ether oxygens (including phenoxy) is 1. The first-order valence-electron chi connectivity index (χ1n) is 13.2. The van der Waals surface area contributed by atoms with E-state index < -0.39 is 5.91 Å². The minimum absolute atomic E-state index is 0.235. The molecular weight excluding hydrogens is 500 g/mol. The highest BCUT2D eigenvalue weighted by Gasteiger charge is 2.24. The fraction of sp³-hybridized carbons (Fsp3) is 0.182. The number of primary amides is 1. The van der Waals surface area contributed by atoms with E-state index >= 15 is 0 Å². The molecule has 2 heterocycles. The number of aromatic amines is 1. The Bertz CT molecular complexity index is 1820. The summed E-state index contributed by atoms with van der Waals surface area (Å²) < 4.78 is 7.78. The molecule has 0 fully saturated rings. The number of fused-ring (bicyclic) bond motifs is 1. The number of carbonyl (C=O) groups excluding carboxylic acids is 1. The van der Waals surface area contributed by atoms with Gasteiger partial charge in [-0.25, -0.2) is 4.98 Å². The largest absolute Gasteiger partial charge is 0.488 e. The summed E-state index contributed by atoms with van der Waals surface area (Å²) in [4.78, 5) is 33.9. The second-order valence-electron chi connectivity index (χ2n) is 9.91. The number of nitrogens with zero attached hydrogens (tertiary/aromatic N) is 2. The average Bonchev–Trinajstić information content (AvgIpc) is 3.25. The Morgan fingerprint density at radius 3 is 2.62 bits per heavy atom. The number of aryl methyl sites for hydroxylation is 2. The van der Waals surface area contributed by atoms with Crippen LogP contribution in [0.3, 0.4) is 0 Å². The topological polar surface area (TPSA) is 103 Å². The van der Waals surface area contributed by atoms with Crippen LogP contribution in [0.5, 0.6) is 5.75 Å². The van der Waals surface area contributed by atoms with Gasteiger partial charge in [0.15, 0.2) is 0 Å². The monoisotopic (exact) mass is 532 g/mol. The van der Waals surface area contributed by atoms with Crippen molar-refractivity contribution in [3.8, 4) is 22.6 Å². The summed E-state index contributed by atoms with van der Waals surface area (Å²) in [5.74, 6) is -0.160. The Labute approximate surface area is 233 Å². The van der Waals surface area contributed by atoms with Gasteiger partial charge >= 0.3 is 0 Å². The van der Waals surface area contributed by atoms with Gasteiger partial charge in [0.2, 0.25) is 0 Å². The lowest BCUT2D eigenvalue weighted by molar-refractivity contribution is 0.0998. The molecule has 1 amide bonds. The van der Waals surface area contributed by atoms with Crippen molar-refractivity contribution < 1.29 is 9.53 Å². The van der Waals surface area contributed by atoms with E-state index in [1.54, 1.807) is 6.08 Å². The van der Waals surface area contributed by atoms with Crippen molar-refractivity contribution in [2.45, 2.75) is 33.6 Å². The highest BCUT2D eigenvalue weighted by molar-refractivity contribution is 6.13. The van der Waals surface area contributed by atoms with Gasteiger partial charge in [0.25, 0.3) is 11.5 Å². The summed E-state index contributed by atoms with van der Waals surface area (Å²) in [6.07, 6.45) is 12.8. The van der Waals surface area contributed by atoms with Crippen LogP contribution in [-0.2, 0) is 0 Å². The molecule has 4 aromatic rings. The number of rotatable bonds is 8. The van der Waals surface area contributed by atoms with Crippen LogP contribution >= 0.6 is 0 Å². The smallest absolute Gasteiger partial charge is 0.265 e. The Morgan fingerprint density at radius 2 is 1.95 bits per heavy atom. The predicted octanol–water partition coefficient (Wildman–Crippen LogP) is 6.35. The van der Waals surface area contributed by atoms with Crippen LogP contribution in [0, 0.1) is 20.8 Å². The van der Waals surface area contributed by atoms with Crippen LogP contribution in [0.15, 0.2) is 72.3 Å². The fourth-order valence-corrected chi connectivity index (χ4v) is 5.33. The van der Waals surface area contributed by atoms with Crippen LogP contribution in [0.4, 0.5) is 0 Å². The molecule has 0 saturated heterocycles. The molecule has 40 heavy (non-hydrogen) atoms. The van der Waals surface area contributed by atoms with Crippen molar-refractivity contribution in [2.75, 3.05) is 6.61 Å². The normalized spacial score (nSPS) is 12.8. The van der Waals surface area contributed by atoms with Gasteiger partial charge in [0.1, 0.15) is 24.2 Å². The van der Waals surface area contributed by atoms with E-state index in [0.717, 1.165) is 51.7 Å². The standard InChI is InChI=1S/C33H32N4O3/c1-6-23-26(7-2)35-18-37(33(23)39)27-15-11-14-24(20(27)4)25-16-28(40-17-22-12-9-8-10-13-22)30(32(34)38)31-29(25)19(3)21(5)36-31/h6-7,9,11-16,18,36H,1-2,8,10,17H2,3-5H3,(H2,34,38). The number of nitrogens with two attached hydrogens (primary N) is 1. The Kier molecular flexibility index (Phi) is 7.13. The van der Waals surface area contributed by atoms with E-state index in [1.165, 1.54) is 17.0 Å². The molecule has 0 bridgehead atoms. The van der Waals surface area contributed by atoms with Gasteiger partial charge in [-0.2, -0.15) is 0 Å². The van der Waals surface area contributed by atoms with E-state index in [1.807, 2.05) is 51.1 Å². The number of benzene rings is 2. The second-order valence-corrected chi connectivity index (χ2v) is 9.91. The number of nitrogens with one attached hydrogen (secondary N) is 1. The molecule has 0 radical (unpaired) electrons. The van der Waals surface area contributed by atoms with E-state index in [4.69, 9.17) is 10.5 Å². The summed E-state index contributed by atoms with van der Waals surface area (Å²) in [5.41, 5.74) is 13.8. The maximum absolute atomic E-state index is 13.4. The molecule has 0 atom stereocenters. The molecule has 0 unspecified atom stereocenters. The molecule has 5 rings (SSSR count). The minimum atomic E-state index is -0.566. The number of H-pyrrole nitrogens is 1. The van der Waals surface area contributed by atoms with Crippen LogP contribution in [-0.4, -0.2) is 27.0 Å². The molecule has 202 valence electrons. The van der Waals surface area contributed by atoms with Crippen LogP contribution in [0.25, 0.3) is 39.9 Å². The zero-order valence-electron chi connectivity index (χ0n) is 23.0. The first-order valence-corrected chi connectivity index (χ1v) is 13.2. The highest BCUT2D eigenvalue weighted by atomic mass is 16.5. The molecular formula is C33H32N4O3. The van der Waals surface area contributed by atoms with Crippen molar-refractivity contribution in [3.63, 3.8) is 0 Å². The van der Waals surface area contributed by atoms with Gasteiger partial charge in [0.05, 0.1) is 22.5 Å². The second kappa shape index (κ2) is 10.7. The molecule has 1 aliphatic rings.